The average molecular weight is 376 g/mol. The molecule has 5 N–H and O–H groups in total. The van der Waals surface area contributed by atoms with Gasteiger partial charge in [-0.15, -0.1) is 23.1 Å². The summed E-state index contributed by atoms with van der Waals surface area (Å²) in [5.74, 6) is -1.25. The Morgan fingerprint density at radius 1 is 1.44 bits per heavy atom. The minimum Gasteiger partial charge on any atom is -0.506 e. The van der Waals surface area contributed by atoms with Gasteiger partial charge in [0, 0.05) is 12.3 Å². The van der Waals surface area contributed by atoms with Crippen molar-refractivity contribution < 1.29 is 14.7 Å². The van der Waals surface area contributed by atoms with Crippen molar-refractivity contribution in [3.8, 4) is 5.75 Å². The van der Waals surface area contributed by atoms with Gasteiger partial charge in [-0.1, -0.05) is 0 Å². The van der Waals surface area contributed by atoms with E-state index in [9.17, 15) is 19.5 Å². The van der Waals surface area contributed by atoms with Crippen LogP contribution in [0.3, 0.4) is 0 Å². The van der Waals surface area contributed by atoms with E-state index in [1.807, 2.05) is 0 Å². The minimum atomic E-state index is -0.748. The van der Waals surface area contributed by atoms with E-state index < -0.39 is 11.5 Å². The van der Waals surface area contributed by atoms with Crippen LogP contribution in [-0.2, 0) is 4.79 Å². The van der Waals surface area contributed by atoms with E-state index in [-0.39, 0.29) is 28.5 Å². The summed E-state index contributed by atoms with van der Waals surface area (Å²) in [6.45, 7) is 0. The highest BCUT2D eigenvalue weighted by atomic mass is 32.2. The van der Waals surface area contributed by atoms with E-state index in [0.717, 1.165) is 29.2 Å². The number of anilines is 1. The minimum absolute atomic E-state index is 0.0208. The monoisotopic (exact) mass is 376 g/mol. The molecular formula is C15H12N4O4S2. The lowest BCUT2D eigenvalue weighted by Crippen LogP contribution is -2.15. The maximum Gasteiger partial charge on any atom is 0.252 e. The molecule has 3 heterocycles. The number of carbonyl (C=O) groups excluding carboxylic acids is 2. The first-order chi connectivity index (χ1) is 12.0. The largest absolute Gasteiger partial charge is 0.506 e. The van der Waals surface area contributed by atoms with Crippen LogP contribution in [0.1, 0.15) is 10.4 Å². The number of hydrogen-bond donors (Lipinski definition) is 4. The molecule has 10 heteroatoms. The van der Waals surface area contributed by atoms with Crippen molar-refractivity contribution in [1.29, 1.82) is 0 Å². The summed E-state index contributed by atoms with van der Waals surface area (Å²) >= 11 is 2.18. The van der Waals surface area contributed by atoms with Crippen LogP contribution < -0.4 is 16.6 Å². The molecule has 0 radical (unpaired) electrons. The number of amides is 2. The molecule has 128 valence electrons. The van der Waals surface area contributed by atoms with Crippen molar-refractivity contribution in [1.82, 2.24) is 9.97 Å². The van der Waals surface area contributed by atoms with Gasteiger partial charge in [0.15, 0.2) is 0 Å². The fourth-order valence-corrected chi connectivity index (χ4v) is 4.40. The molecule has 3 rings (SSSR count). The van der Waals surface area contributed by atoms with Gasteiger partial charge in [0.05, 0.1) is 37.6 Å². The molecular weight excluding hydrogens is 364 g/mol. The smallest absolute Gasteiger partial charge is 0.252 e. The molecule has 0 unspecified atom stereocenters. The summed E-state index contributed by atoms with van der Waals surface area (Å²) in [6.07, 6.45) is 3.10. The highest BCUT2D eigenvalue weighted by molar-refractivity contribution is 8.02. The van der Waals surface area contributed by atoms with Crippen LogP contribution in [0.4, 0.5) is 5.69 Å². The van der Waals surface area contributed by atoms with E-state index in [4.69, 9.17) is 5.73 Å². The van der Waals surface area contributed by atoms with Gasteiger partial charge in [-0.2, -0.15) is 0 Å². The highest BCUT2D eigenvalue weighted by Gasteiger charge is 2.21. The van der Waals surface area contributed by atoms with E-state index in [1.54, 1.807) is 18.3 Å². The van der Waals surface area contributed by atoms with Crippen LogP contribution in [0.25, 0.3) is 10.2 Å². The molecule has 0 aliphatic rings. The number of carbonyl (C=O) groups is 2. The Balaban J connectivity index is 1.85. The second-order valence-electron chi connectivity index (χ2n) is 4.93. The Morgan fingerprint density at radius 2 is 2.24 bits per heavy atom. The number of hydrogen-bond acceptors (Lipinski definition) is 7. The molecule has 0 fully saturated rings. The van der Waals surface area contributed by atoms with Crippen molar-refractivity contribution in [2.24, 2.45) is 5.73 Å². The highest BCUT2D eigenvalue weighted by Crippen LogP contribution is 2.40. The van der Waals surface area contributed by atoms with Crippen LogP contribution in [0.2, 0.25) is 0 Å². The maximum atomic E-state index is 12.0. The number of nitrogens with two attached hydrogens (primary N) is 1. The molecule has 0 aliphatic heterocycles. The Morgan fingerprint density at radius 3 is 2.92 bits per heavy atom. The molecule has 0 saturated heterocycles. The van der Waals surface area contributed by atoms with Crippen LogP contribution in [0, 0.1) is 0 Å². The SMILES string of the molecule is NC(=O)c1c(SCC(=O)Nc2cccnc2)sc2c(O)cc(=O)[nH]c12. The van der Waals surface area contributed by atoms with Gasteiger partial charge >= 0.3 is 0 Å². The van der Waals surface area contributed by atoms with E-state index in [1.165, 1.54) is 6.20 Å². The van der Waals surface area contributed by atoms with Gasteiger partial charge in [0.25, 0.3) is 11.5 Å². The summed E-state index contributed by atoms with van der Waals surface area (Å²) in [5.41, 5.74) is 5.68. The van der Waals surface area contributed by atoms with E-state index in [0.29, 0.717) is 14.6 Å². The number of fused-ring (bicyclic) bond motifs is 1. The fraction of sp³-hybridized carbons (Fsp3) is 0.0667. The first kappa shape index (κ1) is 17.0. The second-order valence-corrected chi connectivity index (χ2v) is 7.19. The van der Waals surface area contributed by atoms with Crippen LogP contribution in [0.15, 0.2) is 39.6 Å². The number of aromatic amines is 1. The van der Waals surface area contributed by atoms with Gasteiger partial charge in [-0.3, -0.25) is 19.4 Å². The zero-order chi connectivity index (χ0) is 18.0. The van der Waals surface area contributed by atoms with Crippen molar-refractivity contribution in [3.05, 3.63) is 46.5 Å². The predicted molar refractivity (Wildman–Crippen MR) is 96.2 cm³/mol. The first-order valence-corrected chi connectivity index (χ1v) is 8.77. The third kappa shape index (κ3) is 3.64. The number of pyridine rings is 2. The first-order valence-electron chi connectivity index (χ1n) is 6.97. The summed E-state index contributed by atoms with van der Waals surface area (Å²) < 4.78 is 0.782. The quantitative estimate of drug-likeness (QED) is 0.498. The number of H-pyrrole nitrogens is 1. The van der Waals surface area contributed by atoms with Gasteiger partial charge < -0.3 is 21.1 Å². The molecule has 0 saturated carbocycles. The normalized spacial score (nSPS) is 10.7. The van der Waals surface area contributed by atoms with Crippen LogP contribution in [-0.4, -0.2) is 32.6 Å². The third-order valence-corrected chi connectivity index (χ3v) is 5.63. The van der Waals surface area contributed by atoms with E-state index in [2.05, 4.69) is 15.3 Å². The number of thiophene rings is 1. The molecule has 0 spiro atoms. The van der Waals surface area contributed by atoms with Gasteiger partial charge in [-0.05, 0) is 12.1 Å². The topological polar surface area (TPSA) is 138 Å². The van der Waals surface area contributed by atoms with E-state index >= 15 is 0 Å². The van der Waals surface area contributed by atoms with Crippen molar-refractivity contribution in [2.75, 3.05) is 11.1 Å². The van der Waals surface area contributed by atoms with Gasteiger partial charge in [-0.25, -0.2) is 0 Å². The summed E-state index contributed by atoms with van der Waals surface area (Å²) in [6, 6.07) is 4.42. The number of rotatable bonds is 5. The number of primary amides is 1. The summed E-state index contributed by atoms with van der Waals surface area (Å²) in [7, 11) is 0. The second kappa shape index (κ2) is 6.95. The number of aromatic hydroxyl groups is 1. The summed E-state index contributed by atoms with van der Waals surface area (Å²) in [4.78, 5) is 41.7. The van der Waals surface area contributed by atoms with Crippen LogP contribution in [0.5, 0.6) is 5.75 Å². The summed E-state index contributed by atoms with van der Waals surface area (Å²) in [5, 5.41) is 12.6. The van der Waals surface area contributed by atoms with Crippen LogP contribution >= 0.6 is 23.1 Å². The molecule has 2 amide bonds. The predicted octanol–water partition coefficient (Wildman–Crippen LogP) is 1.52. The Kier molecular flexibility index (Phi) is 4.72. The molecule has 8 nitrogen and oxygen atoms in total. The molecule has 0 aliphatic carbocycles. The number of nitrogens with one attached hydrogen (secondary N) is 2. The maximum absolute atomic E-state index is 12.0. The lowest BCUT2D eigenvalue weighted by molar-refractivity contribution is -0.113. The lowest BCUT2D eigenvalue weighted by atomic mass is 10.2. The van der Waals surface area contributed by atoms with Gasteiger partial charge in [0.1, 0.15) is 5.75 Å². The van der Waals surface area contributed by atoms with Crippen molar-refractivity contribution in [2.45, 2.75) is 4.21 Å². The average Bonchev–Trinajstić information content (AvgIpc) is 2.92. The Labute approximate surface area is 149 Å². The standard InChI is InChI=1S/C15H12N4O4S2/c16-14(23)11-12-13(8(20)4-9(21)19-12)25-15(11)24-6-10(22)18-7-2-1-3-17-5-7/h1-5H,6H2,(H2,16,23)(H,18,22)(H2,19,20,21). The molecule has 25 heavy (non-hydrogen) atoms. The Hall–Kier alpha value is -2.85. The zero-order valence-electron chi connectivity index (χ0n) is 12.6. The zero-order valence-corrected chi connectivity index (χ0v) is 14.2. The number of thioether (sulfide) groups is 1. The molecule has 0 bridgehead atoms. The molecule has 0 atom stereocenters. The van der Waals surface area contributed by atoms with Gasteiger partial charge in [0.2, 0.25) is 5.91 Å². The fourth-order valence-electron chi connectivity index (χ4n) is 2.15. The molecule has 0 aromatic carbocycles. The van der Waals surface area contributed by atoms with Crippen molar-refractivity contribution in [3.63, 3.8) is 0 Å². The lowest BCUT2D eigenvalue weighted by Gasteiger charge is -2.04. The number of nitrogens with zero attached hydrogens (tertiary/aromatic N) is 1. The van der Waals surface area contributed by atoms with Crippen molar-refractivity contribution >= 4 is 50.8 Å². The molecule has 3 aromatic rings. The number of aromatic nitrogens is 2. The third-order valence-electron chi connectivity index (χ3n) is 3.15. The Bertz CT molecular complexity index is 1010. The molecule has 3 aromatic heterocycles.